The Morgan fingerprint density at radius 2 is 1.20 bits per heavy atom. The van der Waals surface area contributed by atoms with Gasteiger partial charge in [0.25, 0.3) is 0 Å². The summed E-state index contributed by atoms with van der Waals surface area (Å²) >= 11 is 0. The molecule has 0 saturated heterocycles. The van der Waals surface area contributed by atoms with Gasteiger partial charge in [0.1, 0.15) is 11.5 Å². The lowest BCUT2D eigenvalue weighted by atomic mass is 9.93. The Morgan fingerprint density at radius 1 is 0.767 bits per heavy atom. The second-order valence-electron chi connectivity index (χ2n) is 8.94. The number of ether oxygens (including phenoxy) is 1. The molecule has 2 aromatic carbocycles. The van der Waals surface area contributed by atoms with Crippen molar-refractivity contribution in [3.8, 4) is 11.5 Å². The number of fused-ring (bicyclic) bond motifs is 2. The molecule has 1 heterocycles. The molecule has 0 bridgehead atoms. The van der Waals surface area contributed by atoms with Gasteiger partial charge in [0.15, 0.2) is 0 Å². The lowest BCUT2D eigenvalue weighted by Gasteiger charge is -2.23. The molecule has 2 atom stereocenters. The fraction of sp³-hybridized carbons (Fsp3) is 0.520. The van der Waals surface area contributed by atoms with Gasteiger partial charge in [-0.05, 0) is 113 Å². The summed E-state index contributed by atoms with van der Waals surface area (Å²) in [6.45, 7) is 1.94. The molecule has 164 valence electrons. The summed E-state index contributed by atoms with van der Waals surface area (Å²) in [5, 5.41) is 21.1. The number of nitrogens with zero attached hydrogens (tertiary/aromatic N) is 2. The summed E-state index contributed by atoms with van der Waals surface area (Å²) in [4.78, 5) is 4.27. The summed E-state index contributed by atoms with van der Waals surface area (Å²) in [5.74, 6) is 1.71. The van der Waals surface area contributed by atoms with Crippen LogP contribution in [0.15, 0.2) is 36.4 Å². The first-order chi connectivity index (χ1) is 14.3. The monoisotopic (exact) mass is 412 g/mol. The fourth-order valence-electron chi connectivity index (χ4n) is 3.95. The summed E-state index contributed by atoms with van der Waals surface area (Å²) in [5.41, 5.74) is 4.07. The van der Waals surface area contributed by atoms with Crippen molar-refractivity contribution in [2.24, 2.45) is 0 Å². The van der Waals surface area contributed by atoms with Crippen molar-refractivity contribution in [1.29, 1.82) is 0 Å². The molecule has 2 N–H and O–H groups in total. The highest BCUT2D eigenvalue weighted by atomic mass is 16.5. The van der Waals surface area contributed by atoms with Crippen LogP contribution in [0.25, 0.3) is 0 Å². The molecule has 2 unspecified atom stereocenters. The highest BCUT2D eigenvalue weighted by Crippen LogP contribution is 2.39. The molecule has 0 aliphatic carbocycles. The maximum absolute atomic E-state index is 10.6. The van der Waals surface area contributed by atoms with Crippen LogP contribution in [0.3, 0.4) is 0 Å². The molecule has 0 amide bonds. The number of aliphatic hydroxyl groups excluding tert-OH is 2. The Balaban J connectivity index is 1.67. The number of rotatable bonds is 10. The summed E-state index contributed by atoms with van der Waals surface area (Å²) in [6.07, 6.45) is 3.25. The van der Waals surface area contributed by atoms with Gasteiger partial charge < -0.3 is 24.7 Å². The van der Waals surface area contributed by atoms with Gasteiger partial charge in [-0.25, -0.2) is 0 Å². The third kappa shape index (κ3) is 6.05. The molecule has 0 aromatic heterocycles. The molecular weight excluding hydrogens is 376 g/mol. The van der Waals surface area contributed by atoms with Gasteiger partial charge in [-0.2, -0.15) is 0 Å². The molecule has 0 radical (unpaired) electrons. The van der Waals surface area contributed by atoms with Crippen molar-refractivity contribution in [3.05, 3.63) is 58.7 Å². The van der Waals surface area contributed by atoms with Crippen molar-refractivity contribution in [1.82, 2.24) is 9.80 Å². The van der Waals surface area contributed by atoms with Crippen LogP contribution in [0.4, 0.5) is 0 Å². The second kappa shape index (κ2) is 10.4. The second-order valence-corrected chi connectivity index (χ2v) is 8.94. The van der Waals surface area contributed by atoms with Crippen molar-refractivity contribution >= 4 is 0 Å². The summed E-state index contributed by atoms with van der Waals surface area (Å²) in [7, 11) is 8.20. The molecule has 5 heteroatoms. The minimum absolute atomic E-state index is 0.457. The Labute approximate surface area is 180 Å². The zero-order chi connectivity index (χ0) is 21.7. The van der Waals surface area contributed by atoms with E-state index in [1.807, 2.05) is 52.5 Å². The van der Waals surface area contributed by atoms with Crippen LogP contribution in [-0.4, -0.2) is 61.3 Å². The van der Waals surface area contributed by atoms with Crippen molar-refractivity contribution in [2.75, 3.05) is 41.3 Å². The molecule has 2 aromatic rings. The summed E-state index contributed by atoms with van der Waals surface area (Å²) < 4.78 is 6.10. The SMILES string of the molecule is CN(C)CCCC(O)c1ccc2c(c1)Cc1cc(C(O)CCCN(C)C)ccc1O2. The Hall–Kier alpha value is -1.92. The average molecular weight is 413 g/mol. The van der Waals surface area contributed by atoms with Gasteiger partial charge in [-0.3, -0.25) is 0 Å². The lowest BCUT2D eigenvalue weighted by Crippen LogP contribution is -2.14. The van der Waals surface area contributed by atoms with Crippen LogP contribution in [0.5, 0.6) is 11.5 Å². The largest absolute Gasteiger partial charge is 0.457 e. The number of hydrogen-bond donors (Lipinski definition) is 2. The lowest BCUT2D eigenvalue weighted by molar-refractivity contribution is 0.160. The topological polar surface area (TPSA) is 56.2 Å². The molecular formula is C25H36N2O3. The predicted octanol–water partition coefficient (Wildman–Crippen LogP) is 4.13. The minimum atomic E-state index is -0.457. The van der Waals surface area contributed by atoms with Crippen LogP contribution in [-0.2, 0) is 6.42 Å². The zero-order valence-corrected chi connectivity index (χ0v) is 18.8. The van der Waals surface area contributed by atoms with Crippen LogP contribution in [0.2, 0.25) is 0 Å². The summed E-state index contributed by atoms with van der Waals surface area (Å²) in [6, 6.07) is 12.0. The highest BCUT2D eigenvalue weighted by molar-refractivity contribution is 5.52. The molecule has 1 aliphatic heterocycles. The van der Waals surface area contributed by atoms with E-state index in [4.69, 9.17) is 4.74 Å². The minimum Gasteiger partial charge on any atom is -0.457 e. The van der Waals surface area contributed by atoms with E-state index in [1.54, 1.807) is 0 Å². The molecule has 30 heavy (non-hydrogen) atoms. The Kier molecular flexibility index (Phi) is 7.89. The van der Waals surface area contributed by atoms with E-state index < -0.39 is 12.2 Å². The number of benzene rings is 2. The normalized spacial score (nSPS) is 14.9. The maximum atomic E-state index is 10.6. The van der Waals surface area contributed by atoms with E-state index in [1.165, 1.54) is 0 Å². The van der Waals surface area contributed by atoms with E-state index in [9.17, 15) is 10.2 Å². The van der Waals surface area contributed by atoms with Gasteiger partial charge in [0.2, 0.25) is 0 Å². The predicted molar refractivity (Wildman–Crippen MR) is 121 cm³/mol. The molecule has 0 spiro atoms. The van der Waals surface area contributed by atoms with Gasteiger partial charge >= 0.3 is 0 Å². The first-order valence-corrected chi connectivity index (χ1v) is 10.9. The fourth-order valence-corrected chi connectivity index (χ4v) is 3.95. The van der Waals surface area contributed by atoms with Crippen molar-refractivity contribution in [3.63, 3.8) is 0 Å². The Morgan fingerprint density at radius 3 is 1.60 bits per heavy atom. The van der Waals surface area contributed by atoms with E-state index >= 15 is 0 Å². The van der Waals surface area contributed by atoms with Gasteiger partial charge in [-0.15, -0.1) is 0 Å². The first kappa shape index (κ1) is 22.8. The van der Waals surface area contributed by atoms with Gasteiger partial charge in [-0.1, -0.05) is 12.1 Å². The van der Waals surface area contributed by atoms with Crippen molar-refractivity contribution < 1.29 is 14.9 Å². The van der Waals surface area contributed by atoms with E-state index in [2.05, 4.69) is 21.9 Å². The van der Waals surface area contributed by atoms with Crippen molar-refractivity contribution in [2.45, 2.75) is 44.3 Å². The van der Waals surface area contributed by atoms with Crippen LogP contribution < -0.4 is 4.74 Å². The van der Waals surface area contributed by atoms with E-state index in [0.717, 1.165) is 78.9 Å². The van der Waals surface area contributed by atoms with E-state index in [0.29, 0.717) is 0 Å². The van der Waals surface area contributed by atoms with Crippen LogP contribution >= 0.6 is 0 Å². The number of hydrogen-bond acceptors (Lipinski definition) is 5. The first-order valence-electron chi connectivity index (χ1n) is 10.9. The quantitative estimate of drug-likeness (QED) is 0.524. The third-order valence-corrected chi connectivity index (χ3v) is 5.71. The molecule has 0 fully saturated rings. The molecule has 0 saturated carbocycles. The van der Waals surface area contributed by atoms with Crippen LogP contribution in [0.1, 0.15) is 60.1 Å². The van der Waals surface area contributed by atoms with Gasteiger partial charge in [0.05, 0.1) is 12.2 Å². The number of aliphatic hydroxyl groups is 2. The molecule has 5 nitrogen and oxygen atoms in total. The standard InChI is InChI=1S/C25H36N2O3/c1-26(2)13-5-7-22(28)18-9-11-24-20(15-18)17-21-16-19(10-12-25(21)30-24)23(29)8-6-14-27(3)4/h9-12,15-16,22-23,28-29H,5-8,13-14,17H2,1-4H3. The highest BCUT2D eigenvalue weighted by Gasteiger charge is 2.20. The molecule has 1 aliphatic rings. The van der Waals surface area contributed by atoms with Crippen LogP contribution in [0, 0.1) is 0 Å². The average Bonchev–Trinajstić information content (AvgIpc) is 2.70. The maximum Gasteiger partial charge on any atom is 0.130 e. The molecule has 3 rings (SSSR count). The van der Waals surface area contributed by atoms with E-state index in [-0.39, 0.29) is 0 Å². The van der Waals surface area contributed by atoms with Gasteiger partial charge in [0, 0.05) is 6.42 Å². The third-order valence-electron chi connectivity index (χ3n) is 5.71. The smallest absolute Gasteiger partial charge is 0.130 e. The Bertz CT molecular complexity index is 768. The zero-order valence-electron chi connectivity index (χ0n) is 18.8.